The molecule has 33 heavy (non-hydrogen) atoms. The zero-order valence-electron chi connectivity index (χ0n) is 17.7. The van der Waals surface area contributed by atoms with Gasteiger partial charge in [-0.05, 0) is 24.3 Å². The number of hydrogen-bond acceptors (Lipinski definition) is 7. The number of esters is 1. The summed E-state index contributed by atoms with van der Waals surface area (Å²) in [4.78, 5) is 41.8. The van der Waals surface area contributed by atoms with Crippen LogP contribution in [-0.4, -0.2) is 39.0 Å². The van der Waals surface area contributed by atoms with Gasteiger partial charge in [0.25, 0.3) is 5.82 Å². The molecule has 0 unspecified atom stereocenters. The number of carbonyl (C=O) groups excluding carboxylic acids is 3. The highest BCUT2D eigenvalue weighted by molar-refractivity contribution is 7.14. The molecule has 2 aromatic heterocycles. The number of carbonyl (C=O) groups is 3. The molecule has 4 rings (SSSR count). The van der Waals surface area contributed by atoms with Crippen LogP contribution in [0.4, 0.5) is 0 Å². The van der Waals surface area contributed by atoms with Crippen LogP contribution in [-0.2, 0) is 16.1 Å². The Labute approximate surface area is 193 Å². The van der Waals surface area contributed by atoms with E-state index in [2.05, 4.69) is 15.4 Å². The molecule has 0 bridgehead atoms. The molecule has 0 spiro atoms. The van der Waals surface area contributed by atoms with Crippen molar-refractivity contribution in [2.75, 3.05) is 6.61 Å². The fraction of sp³-hybridized carbons (Fsp3) is 0.125. The Morgan fingerprint density at radius 2 is 1.67 bits per heavy atom. The molecule has 2 aromatic carbocycles. The van der Waals surface area contributed by atoms with Gasteiger partial charge < -0.3 is 10.1 Å². The third kappa shape index (κ3) is 5.39. The Balaban J connectivity index is 1.49. The monoisotopic (exact) mass is 460 g/mol. The number of benzene rings is 2. The van der Waals surface area contributed by atoms with Gasteiger partial charge >= 0.3 is 5.97 Å². The highest BCUT2D eigenvalue weighted by Crippen LogP contribution is 2.21. The predicted molar refractivity (Wildman–Crippen MR) is 123 cm³/mol. The maximum absolute atomic E-state index is 12.6. The van der Waals surface area contributed by atoms with Gasteiger partial charge in [-0.25, -0.2) is 14.5 Å². The zero-order chi connectivity index (χ0) is 23.2. The van der Waals surface area contributed by atoms with E-state index >= 15 is 0 Å². The molecule has 0 radical (unpaired) electrons. The third-order valence-corrected chi connectivity index (χ3v) is 5.73. The lowest BCUT2D eigenvalue weighted by atomic mass is 10.2. The van der Waals surface area contributed by atoms with Gasteiger partial charge in [-0.2, -0.15) is 0 Å². The molecule has 9 heteroatoms. The van der Waals surface area contributed by atoms with E-state index in [1.807, 2.05) is 60.7 Å². The number of rotatable bonds is 8. The molecular formula is C24H20N4O4S. The molecule has 4 aromatic rings. The van der Waals surface area contributed by atoms with Crippen LogP contribution in [0.1, 0.15) is 32.1 Å². The van der Waals surface area contributed by atoms with Crippen LogP contribution in [0.3, 0.4) is 0 Å². The van der Waals surface area contributed by atoms with Crippen LogP contribution in [0.2, 0.25) is 0 Å². The second-order valence-corrected chi connectivity index (χ2v) is 8.22. The van der Waals surface area contributed by atoms with Crippen molar-refractivity contribution in [3.05, 3.63) is 88.4 Å². The van der Waals surface area contributed by atoms with Gasteiger partial charge in [-0.1, -0.05) is 48.5 Å². The minimum absolute atomic E-state index is 0.136. The number of nitrogens with one attached hydrogen (secondary N) is 1. The van der Waals surface area contributed by atoms with E-state index in [-0.39, 0.29) is 17.5 Å². The van der Waals surface area contributed by atoms with Crippen molar-refractivity contribution in [1.29, 1.82) is 0 Å². The topological polar surface area (TPSA) is 103 Å². The third-order valence-electron chi connectivity index (χ3n) is 4.60. The number of ether oxygens (including phenoxy) is 1. The van der Waals surface area contributed by atoms with Gasteiger partial charge in [0, 0.05) is 17.4 Å². The van der Waals surface area contributed by atoms with Crippen molar-refractivity contribution in [3.8, 4) is 17.1 Å². The van der Waals surface area contributed by atoms with Crippen molar-refractivity contribution in [1.82, 2.24) is 20.1 Å². The molecule has 0 saturated carbocycles. The van der Waals surface area contributed by atoms with Gasteiger partial charge in [0.05, 0.1) is 17.1 Å². The van der Waals surface area contributed by atoms with Crippen molar-refractivity contribution in [2.24, 2.45) is 0 Å². The molecule has 0 fully saturated rings. The van der Waals surface area contributed by atoms with Crippen LogP contribution in [0.15, 0.2) is 72.8 Å². The maximum atomic E-state index is 12.6. The fourth-order valence-corrected chi connectivity index (χ4v) is 3.89. The number of thiophene rings is 1. The number of nitrogens with zero attached hydrogens (tertiary/aromatic N) is 3. The first-order chi connectivity index (χ1) is 16.0. The number of aromatic nitrogens is 3. The van der Waals surface area contributed by atoms with Crippen LogP contribution in [0.5, 0.6) is 0 Å². The molecule has 0 aliphatic rings. The smallest absolute Gasteiger partial charge is 0.378 e. The Kier molecular flexibility index (Phi) is 6.70. The van der Waals surface area contributed by atoms with E-state index in [1.165, 1.54) is 18.3 Å². The van der Waals surface area contributed by atoms with E-state index in [4.69, 9.17) is 4.74 Å². The van der Waals surface area contributed by atoms with Gasteiger partial charge in [-0.3, -0.25) is 9.59 Å². The van der Waals surface area contributed by atoms with Gasteiger partial charge in [0.1, 0.15) is 0 Å². The fourth-order valence-electron chi connectivity index (χ4n) is 3.02. The molecule has 2 heterocycles. The van der Waals surface area contributed by atoms with Gasteiger partial charge in [0.15, 0.2) is 12.4 Å². The molecule has 1 amide bonds. The minimum Gasteiger partial charge on any atom is -0.451 e. The standard InChI is InChI=1S/C24H20N4O4S/c1-16(29)25-14-19-12-13-21(33-19)20(30)15-32-24(31)22-26-23(17-8-4-2-5-9-17)28(27-22)18-10-6-3-7-11-18/h2-13H,14-15H2,1H3,(H,25,29). The number of ketones is 1. The quantitative estimate of drug-likeness (QED) is 0.318. The lowest BCUT2D eigenvalue weighted by molar-refractivity contribution is -0.119. The van der Waals surface area contributed by atoms with E-state index in [9.17, 15) is 14.4 Å². The normalized spacial score (nSPS) is 10.6. The first kappa shape index (κ1) is 22.1. The van der Waals surface area contributed by atoms with Crippen LogP contribution < -0.4 is 5.32 Å². The first-order valence-corrected chi connectivity index (χ1v) is 10.9. The average Bonchev–Trinajstić information content (AvgIpc) is 3.50. The zero-order valence-corrected chi connectivity index (χ0v) is 18.5. The van der Waals surface area contributed by atoms with Gasteiger partial charge in [0.2, 0.25) is 11.7 Å². The van der Waals surface area contributed by atoms with Gasteiger partial charge in [-0.15, -0.1) is 16.4 Å². The van der Waals surface area contributed by atoms with E-state index in [0.29, 0.717) is 17.2 Å². The summed E-state index contributed by atoms with van der Waals surface area (Å²) in [5, 5.41) is 7.01. The van der Waals surface area contributed by atoms with E-state index < -0.39 is 12.6 Å². The number of para-hydroxylation sites is 1. The summed E-state index contributed by atoms with van der Waals surface area (Å²) in [6.45, 7) is 1.34. The summed E-state index contributed by atoms with van der Waals surface area (Å²) in [5.41, 5.74) is 1.53. The highest BCUT2D eigenvalue weighted by atomic mass is 32.1. The van der Waals surface area contributed by atoms with Crippen molar-refractivity contribution >= 4 is 29.0 Å². The van der Waals surface area contributed by atoms with Crippen LogP contribution in [0, 0.1) is 0 Å². The highest BCUT2D eigenvalue weighted by Gasteiger charge is 2.21. The number of Topliss-reactive ketones (excluding diaryl/α,β-unsaturated/α-hetero) is 1. The molecule has 0 aliphatic heterocycles. The molecule has 1 N–H and O–H groups in total. The maximum Gasteiger partial charge on any atom is 0.378 e. The van der Waals surface area contributed by atoms with Crippen LogP contribution >= 0.6 is 11.3 Å². The Morgan fingerprint density at radius 3 is 2.36 bits per heavy atom. The largest absolute Gasteiger partial charge is 0.451 e. The minimum atomic E-state index is -0.787. The van der Waals surface area contributed by atoms with Crippen molar-refractivity contribution in [2.45, 2.75) is 13.5 Å². The molecule has 8 nitrogen and oxygen atoms in total. The van der Waals surface area contributed by atoms with Crippen molar-refractivity contribution < 1.29 is 19.1 Å². The second-order valence-electron chi connectivity index (χ2n) is 7.05. The summed E-state index contributed by atoms with van der Waals surface area (Å²) in [7, 11) is 0. The summed E-state index contributed by atoms with van der Waals surface area (Å²) in [6, 6.07) is 22.1. The average molecular weight is 461 g/mol. The summed E-state index contributed by atoms with van der Waals surface area (Å²) < 4.78 is 6.77. The number of amides is 1. The first-order valence-electron chi connectivity index (χ1n) is 10.1. The molecule has 0 aliphatic carbocycles. The molecule has 166 valence electrons. The second kappa shape index (κ2) is 10.0. The Morgan fingerprint density at radius 1 is 0.970 bits per heavy atom. The summed E-state index contributed by atoms with van der Waals surface area (Å²) in [5.74, 6) is -0.926. The number of hydrogen-bond donors (Lipinski definition) is 1. The van der Waals surface area contributed by atoms with Crippen LogP contribution in [0.25, 0.3) is 17.1 Å². The molecule has 0 atom stereocenters. The van der Waals surface area contributed by atoms with E-state index in [0.717, 1.165) is 16.1 Å². The molecule has 0 saturated heterocycles. The summed E-state index contributed by atoms with van der Waals surface area (Å²) >= 11 is 1.24. The lowest BCUT2D eigenvalue weighted by Gasteiger charge is -2.05. The molecular weight excluding hydrogens is 440 g/mol. The van der Waals surface area contributed by atoms with E-state index in [1.54, 1.807) is 16.8 Å². The SMILES string of the molecule is CC(=O)NCc1ccc(C(=O)COC(=O)c2nc(-c3ccccc3)n(-c3ccccc3)n2)s1. The Bertz CT molecular complexity index is 1230. The summed E-state index contributed by atoms with van der Waals surface area (Å²) in [6.07, 6.45) is 0. The predicted octanol–water partition coefficient (Wildman–Crippen LogP) is 3.67. The van der Waals surface area contributed by atoms with Crippen molar-refractivity contribution in [3.63, 3.8) is 0 Å². The Hall–Kier alpha value is -4.11. The lowest BCUT2D eigenvalue weighted by Crippen LogP contribution is -2.18.